The summed E-state index contributed by atoms with van der Waals surface area (Å²) in [7, 11) is -1.49. The Kier molecular flexibility index (Phi) is 4.81. The van der Waals surface area contributed by atoms with E-state index in [4.69, 9.17) is 4.74 Å². The molecule has 4 N–H and O–H groups in total. The molecule has 26 heavy (non-hydrogen) atoms. The Balaban J connectivity index is 1.77. The van der Waals surface area contributed by atoms with Crippen LogP contribution in [0.4, 0.5) is 4.79 Å². The van der Waals surface area contributed by atoms with Crippen LogP contribution in [0.15, 0.2) is 30.5 Å². The quantitative estimate of drug-likeness (QED) is 0.623. The summed E-state index contributed by atoms with van der Waals surface area (Å²) in [6.45, 7) is 5.49. The Morgan fingerprint density at radius 2 is 1.92 bits per heavy atom. The second kappa shape index (κ2) is 6.77. The molecule has 0 unspecified atom stereocenters. The number of ether oxygens (including phenoxy) is 1. The van der Waals surface area contributed by atoms with Gasteiger partial charge < -0.3 is 25.1 Å². The van der Waals surface area contributed by atoms with E-state index in [0.717, 1.165) is 30.5 Å². The van der Waals surface area contributed by atoms with Gasteiger partial charge in [0, 0.05) is 0 Å². The van der Waals surface area contributed by atoms with Gasteiger partial charge in [0.2, 0.25) is 0 Å². The SMILES string of the molecule is CC(C)(C)OC(=O)NC1(c2ncc(-c3ccc(B(O)O)cc3)[nH]2)CCC1. The highest BCUT2D eigenvalue weighted by Gasteiger charge is 2.43. The zero-order valence-corrected chi connectivity index (χ0v) is 15.2. The lowest BCUT2D eigenvalue weighted by molar-refractivity contribution is 0.0366. The van der Waals surface area contributed by atoms with E-state index in [1.165, 1.54) is 0 Å². The predicted octanol–water partition coefficient (Wildman–Crippen LogP) is 1.66. The molecule has 1 aromatic heterocycles. The Morgan fingerprint density at radius 3 is 2.42 bits per heavy atom. The molecule has 1 aliphatic carbocycles. The Hall–Kier alpha value is -2.32. The molecule has 8 heteroatoms. The van der Waals surface area contributed by atoms with E-state index in [9.17, 15) is 14.8 Å². The third-order valence-corrected chi connectivity index (χ3v) is 4.50. The number of aromatic nitrogens is 2. The Labute approximate surface area is 153 Å². The number of hydrogen-bond acceptors (Lipinski definition) is 5. The number of aromatic amines is 1. The average Bonchev–Trinajstić information content (AvgIpc) is 2.99. The van der Waals surface area contributed by atoms with Crippen molar-refractivity contribution in [3.8, 4) is 11.3 Å². The monoisotopic (exact) mass is 357 g/mol. The second-order valence-electron chi connectivity index (χ2n) is 7.70. The number of alkyl carbamates (subject to hydrolysis) is 1. The summed E-state index contributed by atoms with van der Waals surface area (Å²) in [6, 6.07) is 6.89. The molecule has 0 aliphatic heterocycles. The minimum absolute atomic E-state index is 0.426. The first-order valence-electron chi connectivity index (χ1n) is 8.72. The first-order valence-corrected chi connectivity index (χ1v) is 8.72. The van der Waals surface area contributed by atoms with Crippen LogP contribution < -0.4 is 10.8 Å². The molecular formula is C18H24BN3O4. The first kappa shape index (κ1) is 18.5. The number of nitrogens with zero attached hydrogens (tertiary/aromatic N) is 1. The van der Waals surface area contributed by atoms with Gasteiger partial charge >= 0.3 is 13.2 Å². The normalized spacial score (nSPS) is 15.9. The Morgan fingerprint density at radius 1 is 1.27 bits per heavy atom. The van der Waals surface area contributed by atoms with Gasteiger partial charge in [-0.2, -0.15) is 0 Å². The molecule has 1 fully saturated rings. The van der Waals surface area contributed by atoms with Gasteiger partial charge in [0.05, 0.1) is 11.9 Å². The molecule has 0 bridgehead atoms. The van der Waals surface area contributed by atoms with Crippen LogP contribution in [0.3, 0.4) is 0 Å². The predicted molar refractivity (Wildman–Crippen MR) is 98.7 cm³/mol. The summed E-state index contributed by atoms with van der Waals surface area (Å²) >= 11 is 0. The highest BCUT2D eigenvalue weighted by Crippen LogP contribution is 2.40. The summed E-state index contributed by atoms with van der Waals surface area (Å²) < 4.78 is 5.38. The molecule has 0 atom stereocenters. The highest BCUT2D eigenvalue weighted by molar-refractivity contribution is 6.58. The van der Waals surface area contributed by atoms with Crippen molar-refractivity contribution in [1.82, 2.24) is 15.3 Å². The maximum atomic E-state index is 12.2. The summed E-state index contributed by atoms with van der Waals surface area (Å²) in [5.74, 6) is 0.705. The van der Waals surface area contributed by atoms with Crippen LogP contribution in [0.25, 0.3) is 11.3 Å². The van der Waals surface area contributed by atoms with Gasteiger partial charge in [-0.3, -0.25) is 0 Å². The maximum Gasteiger partial charge on any atom is 0.488 e. The minimum atomic E-state index is -1.49. The van der Waals surface area contributed by atoms with Gasteiger partial charge in [-0.05, 0) is 51.1 Å². The molecule has 7 nitrogen and oxygen atoms in total. The van der Waals surface area contributed by atoms with E-state index < -0.39 is 24.4 Å². The van der Waals surface area contributed by atoms with E-state index >= 15 is 0 Å². The summed E-state index contributed by atoms with van der Waals surface area (Å²) in [5, 5.41) is 21.3. The van der Waals surface area contributed by atoms with E-state index in [1.54, 1.807) is 30.5 Å². The molecule has 1 saturated carbocycles. The number of H-pyrrole nitrogens is 1. The van der Waals surface area contributed by atoms with Crippen molar-refractivity contribution in [1.29, 1.82) is 0 Å². The highest BCUT2D eigenvalue weighted by atomic mass is 16.6. The van der Waals surface area contributed by atoms with Crippen LogP contribution in [0, 0.1) is 0 Å². The van der Waals surface area contributed by atoms with Gasteiger partial charge in [0.1, 0.15) is 17.0 Å². The molecule has 0 saturated heterocycles. The van der Waals surface area contributed by atoms with Crippen LogP contribution in [0.5, 0.6) is 0 Å². The number of hydrogen-bond donors (Lipinski definition) is 4. The first-order chi connectivity index (χ1) is 12.2. The molecule has 1 aliphatic rings. The second-order valence-corrected chi connectivity index (χ2v) is 7.70. The minimum Gasteiger partial charge on any atom is -0.444 e. The fraction of sp³-hybridized carbons (Fsp3) is 0.444. The van der Waals surface area contributed by atoms with E-state index in [1.807, 2.05) is 20.8 Å². The van der Waals surface area contributed by atoms with Crippen molar-refractivity contribution in [2.24, 2.45) is 0 Å². The number of imidazole rings is 1. The van der Waals surface area contributed by atoms with Crippen molar-refractivity contribution in [2.45, 2.75) is 51.2 Å². The van der Waals surface area contributed by atoms with Crippen LogP contribution in [0.1, 0.15) is 45.9 Å². The van der Waals surface area contributed by atoms with Crippen LogP contribution in [-0.2, 0) is 10.3 Å². The van der Waals surface area contributed by atoms with Crippen molar-refractivity contribution >= 4 is 18.7 Å². The lowest BCUT2D eigenvalue weighted by atomic mass is 9.76. The van der Waals surface area contributed by atoms with E-state index in [-0.39, 0.29) is 0 Å². The van der Waals surface area contributed by atoms with Gasteiger partial charge in [-0.15, -0.1) is 0 Å². The molecule has 1 amide bonds. The summed E-state index contributed by atoms with van der Waals surface area (Å²) in [6.07, 6.45) is 3.88. The average molecular weight is 357 g/mol. The lowest BCUT2D eigenvalue weighted by Crippen LogP contribution is -2.52. The van der Waals surface area contributed by atoms with Crippen molar-refractivity contribution in [2.75, 3.05) is 0 Å². The van der Waals surface area contributed by atoms with E-state index in [0.29, 0.717) is 11.3 Å². The molecule has 3 rings (SSSR count). The molecular weight excluding hydrogens is 333 g/mol. The van der Waals surface area contributed by atoms with Crippen LogP contribution in [-0.4, -0.2) is 38.8 Å². The Bertz CT molecular complexity index is 776. The molecule has 0 radical (unpaired) electrons. The zero-order valence-electron chi connectivity index (χ0n) is 15.2. The summed E-state index contributed by atoms with van der Waals surface area (Å²) in [4.78, 5) is 19.9. The van der Waals surface area contributed by atoms with Gasteiger partial charge in [0.15, 0.2) is 0 Å². The number of rotatable bonds is 4. The van der Waals surface area contributed by atoms with Crippen molar-refractivity contribution < 1.29 is 19.6 Å². The lowest BCUT2D eigenvalue weighted by Gasteiger charge is -2.40. The molecule has 138 valence electrons. The molecule has 0 spiro atoms. The molecule has 2 aromatic rings. The van der Waals surface area contributed by atoms with Gasteiger partial charge in [0.25, 0.3) is 0 Å². The van der Waals surface area contributed by atoms with E-state index in [2.05, 4.69) is 15.3 Å². The standard InChI is InChI=1S/C18H24BN3O4/c1-17(2,3)26-16(23)22-18(9-4-10-18)15-20-11-14(21-15)12-5-7-13(8-6-12)19(24)25/h5-8,11,24-25H,4,9-10H2,1-3H3,(H,20,21)(H,22,23). The fourth-order valence-corrected chi connectivity index (χ4v) is 3.00. The van der Waals surface area contributed by atoms with Crippen LogP contribution in [0.2, 0.25) is 0 Å². The number of benzene rings is 1. The molecule has 1 aromatic carbocycles. The van der Waals surface area contributed by atoms with Gasteiger partial charge in [-0.1, -0.05) is 24.3 Å². The molecule has 1 heterocycles. The largest absolute Gasteiger partial charge is 0.488 e. The van der Waals surface area contributed by atoms with Crippen LogP contribution >= 0.6 is 0 Å². The van der Waals surface area contributed by atoms with Gasteiger partial charge in [-0.25, -0.2) is 9.78 Å². The topological polar surface area (TPSA) is 107 Å². The smallest absolute Gasteiger partial charge is 0.444 e. The van der Waals surface area contributed by atoms with Crippen molar-refractivity contribution in [3.63, 3.8) is 0 Å². The number of carbonyl (C=O) groups excluding carboxylic acids is 1. The third kappa shape index (κ3) is 3.91. The number of amides is 1. The zero-order chi connectivity index (χ0) is 18.9. The summed E-state index contributed by atoms with van der Waals surface area (Å²) in [5.41, 5.74) is 1.02. The maximum absolute atomic E-state index is 12.2. The number of nitrogens with one attached hydrogen (secondary N) is 2. The fourth-order valence-electron chi connectivity index (χ4n) is 3.00. The third-order valence-electron chi connectivity index (χ3n) is 4.50. The van der Waals surface area contributed by atoms with Crippen molar-refractivity contribution in [3.05, 3.63) is 36.3 Å². The number of carbonyl (C=O) groups is 1.